The van der Waals surface area contributed by atoms with Crippen LogP contribution in [0.4, 0.5) is 0 Å². The molecule has 2 unspecified atom stereocenters. The van der Waals surface area contributed by atoms with Crippen molar-refractivity contribution in [3.8, 4) is 5.75 Å². The molecule has 3 aromatic rings. The van der Waals surface area contributed by atoms with Crippen LogP contribution in [-0.4, -0.2) is 31.3 Å². The van der Waals surface area contributed by atoms with E-state index in [0.29, 0.717) is 16.9 Å². The van der Waals surface area contributed by atoms with Gasteiger partial charge < -0.3 is 14.2 Å². The third-order valence-electron chi connectivity index (χ3n) is 6.47. The van der Waals surface area contributed by atoms with Crippen molar-refractivity contribution >= 4 is 11.9 Å². The first-order chi connectivity index (χ1) is 15.5. The zero-order chi connectivity index (χ0) is 22.2. The number of methoxy groups -OCH3 is 1. The van der Waals surface area contributed by atoms with E-state index in [0.717, 1.165) is 12.0 Å². The van der Waals surface area contributed by atoms with E-state index >= 15 is 0 Å². The zero-order valence-corrected chi connectivity index (χ0v) is 18.0. The normalized spacial score (nSPS) is 22.8. The second-order valence-corrected chi connectivity index (χ2v) is 8.42. The Morgan fingerprint density at radius 2 is 1.31 bits per heavy atom. The molecule has 0 spiro atoms. The van der Waals surface area contributed by atoms with Crippen molar-refractivity contribution in [3.63, 3.8) is 0 Å². The van der Waals surface area contributed by atoms with Crippen LogP contribution in [0.3, 0.4) is 0 Å². The van der Waals surface area contributed by atoms with E-state index < -0.39 is 24.1 Å². The van der Waals surface area contributed by atoms with Gasteiger partial charge in [-0.05, 0) is 54.8 Å². The summed E-state index contributed by atoms with van der Waals surface area (Å²) in [7, 11) is 1.55. The van der Waals surface area contributed by atoms with Crippen molar-refractivity contribution in [2.24, 2.45) is 0 Å². The molecule has 32 heavy (non-hydrogen) atoms. The minimum atomic E-state index is -0.539. The molecule has 0 aliphatic heterocycles. The van der Waals surface area contributed by atoms with Gasteiger partial charge in [-0.25, -0.2) is 9.59 Å². The highest BCUT2D eigenvalue weighted by Gasteiger charge is 2.55. The Balaban J connectivity index is 1.44. The Hall–Kier alpha value is -3.60. The third-order valence-corrected chi connectivity index (χ3v) is 6.47. The molecule has 5 nitrogen and oxygen atoms in total. The van der Waals surface area contributed by atoms with Gasteiger partial charge in [-0.2, -0.15) is 0 Å². The lowest BCUT2D eigenvalue weighted by atomic mass is 9.87. The van der Waals surface area contributed by atoms with Crippen molar-refractivity contribution in [2.75, 3.05) is 7.11 Å². The molecule has 5 heteroatoms. The lowest BCUT2D eigenvalue weighted by Crippen LogP contribution is -2.39. The molecule has 1 fully saturated rings. The molecule has 3 aromatic carbocycles. The summed E-state index contributed by atoms with van der Waals surface area (Å²) in [6, 6.07) is 22.3. The van der Waals surface area contributed by atoms with Gasteiger partial charge in [0, 0.05) is 11.8 Å². The smallest absolute Gasteiger partial charge is 0.338 e. The molecule has 0 aromatic heterocycles. The summed E-state index contributed by atoms with van der Waals surface area (Å²) in [6.45, 7) is 1.93. The monoisotopic (exact) mass is 428 g/mol. The van der Waals surface area contributed by atoms with E-state index in [2.05, 4.69) is 12.1 Å². The largest absolute Gasteiger partial charge is 0.497 e. The third kappa shape index (κ3) is 3.54. The molecule has 4 atom stereocenters. The van der Waals surface area contributed by atoms with E-state index in [1.807, 2.05) is 31.2 Å². The second-order valence-electron chi connectivity index (χ2n) is 8.42. The minimum Gasteiger partial charge on any atom is -0.497 e. The Kier molecular flexibility index (Phi) is 5.17. The van der Waals surface area contributed by atoms with Crippen LogP contribution in [0.25, 0.3) is 0 Å². The Morgan fingerprint density at radius 3 is 1.88 bits per heavy atom. The summed E-state index contributed by atoms with van der Waals surface area (Å²) in [5.41, 5.74) is 4.24. The van der Waals surface area contributed by atoms with Gasteiger partial charge in [0.2, 0.25) is 0 Å². The molecule has 162 valence electrons. The first-order valence-corrected chi connectivity index (χ1v) is 10.8. The van der Waals surface area contributed by atoms with Gasteiger partial charge in [-0.3, -0.25) is 0 Å². The lowest BCUT2D eigenvalue weighted by Gasteiger charge is -2.32. The molecule has 2 bridgehead atoms. The van der Waals surface area contributed by atoms with Crippen LogP contribution in [0.2, 0.25) is 0 Å². The Morgan fingerprint density at radius 1 is 0.750 bits per heavy atom. The lowest BCUT2D eigenvalue weighted by molar-refractivity contribution is -0.0348. The predicted molar refractivity (Wildman–Crippen MR) is 119 cm³/mol. The van der Waals surface area contributed by atoms with Gasteiger partial charge >= 0.3 is 11.9 Å². The zero-order valence-electron chi connectivity index (χ0n) is 18.0. The molecule has 0 radical (unpaired) electrons. The number of esters is 2. The van der Waals surface area contributed by atoms with E-state index in [9.17, 15) is 9.59 Å². The van der Waals surface area contributed by atoms with Gasteiger partial charge in [0.05, 0.1) is 18.2 Å². The Bertz CT molecular complexity index is 1180. The molecule has 0 N–H and O–H groups in total. The highest BCUT2D eigenvalue weighted by Crippen LogP contribution is 2.55. The van der Waals surface area contributed by atoms with E-state index in [-0.39, 0.29) is 11.8 Å². The molecule has 2 aliphatic rings. The van der Waals surface area contributed by atoms with Crippen LogP contribution in [0.15, 0.2) is 72.8 Å². The molecule has 0 heterocycles. The highest BCUT2D eigenvalue weighted by atomic mass is 16.6. The average molecular weight is 428 g/mol. The maximum atomic E-state index is 13.0. The van der Waals surface area contributed by atoms with Crippen LogP contribution < -0.4 is 4.74 Å². The molecular weight excluding hydrogens is 404 g/mol. The first kappa shape index (κ1) is 20.3. The highest BCUT2D eigenvalue weighted by molar-refractivity contribution is 5.91. The first-order valence-electron chi connectivity index (χ1n) is 10.8. The molecular formula is C27H24O5. The number of carbonyl (C=O) groups excluding carboxylic acids is 2. The number of benzene rings is 3. The van der Waals surface area contributed by atoms with Crippen molar-refractivity contribution in [3.05, 3.63) is 101 Å². The summed E-state index contributed by atoms with van der Waals surface area (Å²) in [5, 5.41) is 0. The number of hydrogen-bond acceptors (Lipinski definition) is 5. The van der Waals surface area contributed by atoms with Crippen LogP contribution in [0.5, 0.6) is 5.75 Å². The van der Waals surface area contributed by atoms with Gasteiger partial charge in [0.25, 0.3) is 0 Å². The fourth-order valence-electron chi connectivity index (χ4n) is 5.00. The quantitative estimate of drug-likeness (QED) is 0.533. The molecule has 5 rings (SSSR count). The summed E-state index contributed by atoms with van der Waals surface area (Å²) in [5.74, 6) is -0.254. The van der Waals surface area contributed by atoms with E-state index in [1.54, 1.807) is 43.5 Å². The minimum absolute atomic E-state index is 0.000988. The SMILES string of the molecule is COc1cccc(C(=O)O[C@@H]2C3CC(c4ccccc43)[C@@H]2OC(=O)c2cccc(C)c2)c1. The van der Waals surface area contributed by atoms with Crippen molar-refractivity contribution < 1.29 is 23.8 Å². The summed E-state index contributed by atoms with van der Waals surface area (Å²) < 4.78 is 17.2. The maximum Gasteiger partial charge on any atom is 0.338 e. The number of carbonyl (C=O) groups is 2. The summed E-state index contributed by atoms with van der Waals surface area (Å²) >= 11 is 0. The van der Waals surface area contributed by atoms with E-state index in [4.69, 9.17) is 14.2 Å². The standard InChI is InChI=1S/C27H24O5/c1-16-7-5-8-17(13-16)26(28)31-24-22-15-23(21-12-4-3-11-20(21)22)25(24)32-27(29)18-9-6-10-19(14-18)30-2/h3-14,22-25H,15H2,1-2H3/t22?,23?,24-,25+/m0/s1. The second kappa shape index (κ2) is 8.15. The maximum absolute atomic E-state index is 13.0. The predicted octanol–water partition coefficient (Wildman–Crippen LogP) is 5.04. The van der Waals surface area contributed by atoms with Crippen LogP contribution in [0, 0.1) is 6.92 Å². The Labute approximate surface area is 186 Å². The molecule has 0 saturated heterocycles. The molecule has 0 amide bonds. The van der Waals surface area contributed by atoms with Crippen molar-refractivity contribution in [1.29, 1.82) is 0 Å². The van der Waals surface area contributed by atoms with Crippen LogP contribution in [-0.2, 0) is 9.47 Å². The van der Waals surface area contributed by atoms with E-state index in [1.165, 1.54) is 11.1 Å². The van der Waals surface area contributed by atoms with Gasteiger partial charge in [-0.1, -0.05) is 48.0 Å². The molecule has 1 saturated carbocycles. The van der Waals surface area contributed by atoms with Crippen molar-refractivity contribution in [1.82, 2.24) is 0 Å². The number of hydrogen-bond donors (Lipinski definition) is 0. The average Bonchev–Trinajstić information content (AvgIpc) is 3.36. The number of ether oxygens (including phenoxy) is 3. The van der Waals surface area contributed by atoms with Crippen LogP contribution in [0.1, 0.15) is 55.7 Å². The number of rotatable bonds is 5. The number of fused-ring (bicyclic) bond motifs is 5. The van der Waals surface area contributed by atoms with Gasteiger partial charge in [0.15, 0.2) is 0 Å². The van der Waals surface area contributed by atoms with Crippen LogP contribution >= 0.6 is 0 Å². The summed E-state index contributed by atoms with van der Waals surface area (Å²) in [4.78, 5) is 25.9. The summed E-state index contributed by atoms with van der Waals surface area (Å²) in [6.07, 6.45) is -0.277. The van der Waals surface area contributed by atoms with Gasteiger partial charge in [-0.15, -0.1) is 0 Å². The topological polar surface area (TPSA) is 61.8 Å². The number of aryl methyl sites for hydroxylation is 1. The van der Waals surface area contributed by atoms with Crippen molar-refractivity contribution in [2.45, 2.75) is 37.4 Å². The molecule has 2 aliphatic carbocycles. The fraction of sp³-hybridized carbons (Fsp3) is 0.259. The van der Waals surface area contributed by atoms with Gasteiger partial charge in [0.1, 0.15) is 18.0 Å². The fourth-order valence-corrected chi connectivity index (χ4v) is 5.00.